The van der Waals surface area contributed by atoms with Gasteiger partial charge in [-0.15, -0.1) is 0 Å². The monoisotopic (exact) mass is 263 g/mol. The van der Waals surface area contributed by atoms with Crippen molar-refractivity contribution < 1.29 is 4.79 Å². The van der Waals surface area contributed by atoms with Crippen LogP contribution in [0, 0.1) is 13.8 Å². The summed E-state index contributed by atoms with van der Waals surface area (Å²) in [5, 5.41) is 6.25. The van der Waals surface area contributed by atoms with E-state index in [0.717, 1.165) is 6.54 Å². The van der Waals surface area contributed by atoms with Crippen LogP contribution in [-0.4, -0.2) is 38.1 Å². The highest BCUT2D eigenvalue weighted by Gasteiger charge is 2.06. The number of nitrogens with one attached hydrogen (secondary N) is 2. The fraction of sp³-hybridized carbons (Fsp3) is 0.533. The fourth-order valence-corrected chi connectivity index (χ4v) is 1.99. The van der Waals surface area contributed by atoms with Crippen LogP contribution < -0.4 is 10.6 Å². The molecule has 2 N–H and O–H groups in total. The molecule has 0 radical (unpaired) electrons. The normalized spacial score (nSPS) is 12.1. The van der Waals surface area contributed by atoms with Crippen molar-refractivity contribution in [2.75, 3.05) is 27.2 Å². The van der Waals surface area contributed by atoms with E-state index >= 15 is 0 Å². The summed E-state index contributed by atoms with van der Waals surface area (Å²) < 4.78 is 0. The maximum Gasteiger partial charge on any atom is 0.316 e. The van der Waals surface area contributed by atoms with Crippen LogP contribution in [-0.2, 0) is 0 Å². The molecule has 0 bridgehead atoms. The van der Waals surface area contributed by atoms with E-state index in [1.165, 1.54) is 21.6 Å². The number of aryl methyl sites for hydroxylation is 2. The maximum atomic E-state index is 11.3. The summed E-state index contributed by atoms with van der Waals surface area (Å²) in [5.41, 5.74) is 3.85. The van der Waals surface area contributed by atoms with Gasteiger partial charge < -0.3 is 15.5 Å². The third-order valence-corrected chi connectivity index (χ3v) is 3.00. The van der Waals surface area contributed by atoms with E-state index in [1.54, 1.807) is 14.1 Å². The van der Waals surface area contributed by atoms with Crippen molar-refractivity contribution in [3.63, 3.8) is 0 Å². The highest BCUT2D eigenvalue weighted by atomic mass is 16.2. The molecule has 0 fully saturated rings. The predicted molar refractivity (Wildman–Crippen MR) is 79.4 cm³/mol. The molecule has 1 aromatic carbocycles. The molecule has 4 heteroatoms. The molecule has 0 saturated heterocycles. The van der Waals surface area contributed by atoms with Gasteiger partial charge in [-0.25, -0.2) is 4.79 Å². The van der Waals surface area contributed by atoms with Gasteiger partial charge in [-0.1, -0.05) is 29.3 Å². The number of amides is 2. The minimum Gasteiger partial charge on any atom is -0.337 e. The van der Waals surface area contributed by atoms with E-state index in [0.29, 0.717) is 6.54 Å². The first-order valence-electron chi connectivity index (χ1n) is 6.67. The van der Waals surface area contributed by atoms with Gasteiger partial charge in [-0.2, -0.15) is 0 Å². The quantitative estimate of drug-likeness (QED) is 0.800. The third-order valence-electron chi connectivity index (χ3n) is 3.00. The van der Waals surface area contributed by atoms with Gasteiger partial charge in [-0.05, 0) is 26.3 Å². The Bertz CT molecular complexity index is 409. The van der Waals surface area contributed by atoms with E-state index in [9.17, 15) is 4.79 Å². The molecule has 0 saturated carbocycles. The second-order valence-corrected chi connectivity index (χ2v) is 5.22. The zero-order chi connectivity index (χ0) is 14.4. The first kappa shape index (κ1) is 15.5. The van der Waals surface area contributed by atoms with Gasteiger partial charge in [-0.3, -0.25) is 0 Å². The van der Waals surface area contributed by atoms with Crippen molar-refractivity contribution in [3.8, 4) is 0 Å². The molecule has 0 aromatic heterocycles. The summed E-state index contributed by atoms with van der Waals surface area (Å²) in [4.78, 5) is 12.9. The highest BCUT2D eigenvalue weighted by Crippen LogP contribution is 2.16. The van der Waals surface area contributed by atoms with Gasteiger partial charge in [0.1, 0.15) is 0 Å². The molecule has 4 nitrogen and oxygen atoms in total. The minimum atomic E-state index is -0.0548. The standard InChI is InChI=1S/C15H25N3O/c1-11-8-12(2)10-14(9-11)13(3)16-6-7-17-15(19)18(4)5/h8-10,13,16H,6-7H2,1-5H3,(H,17,19). The largest absolute Gasteiger partial charge is 0.337 e. The summed E-state index contributed by atoms with van der Waals surface area (Å²) in [6.45, 7) is 7.75. The minimum absolute atomic E-state index is 0.0548. The van der Waals surface area contributed by atoms with E-state index in [2.05, 4.69) is 49.6 Å². The Hall–Kier alpha value is -1.55. The average molecular weight is 263 g/mol. The zero-order valence-electron chi connectivity index (χ0n) is 12.6. The van der Waals surface area contributed by atoms with Crippen LogP contribution in [0.4, 0.5) is 4.79 Å². The summed E-state index contributed by atoms with van der Waals surface area (Å²) in [6.07, 6.45) is 0. The lowest BCUT2D eigenvalue weighted by Crippen LogP contribution is -2.38. The van der Waals surface area contributed by atoms with E-state index in [4.69, 9.17) is 0 Å². The Morgan fingerprint density at radius 3 is 2.26 bits per heavy atom. The second-order valence-electron chi connectivity index (χ2n) is 5.22. The summed E-state index contributed by atoms with van der Waals surface area (Å²) in [5.74, 6) is 0. The third kappa shape index (κ3) is 5.30. The summed E-state index contributed by atoms with van der Waals surface area (Å²) in [7, 11) is 3.47. The Balaban J connectivity index is 2.39. The number of rotatable bonds is 5. The molecule has 1 atom stereocenters. The number of hydrogen-bond acceptors (Lipinski definition) is 2. The molecule has 1 rings (SSSR count). The molecule has 1 aromatic rings. The van der Waals surface area contributed by atoms with Crippen molar-refractivity contribution in [1.29, 1.82) is 0 Å². The van der Waals surface area contributed by atoms with E-state index in [1.807, 2.05) is 0 Å². The predicted octanol–water partition coefficient (Wildman–Crippen LogP) is 2.23. The lowest BCUT2D eigenvalue weighted by atomic mass is 10.0. The van der Waals surface area contributed by atoms with Crippen molar-refractivity contribution in [1.82, 2.24) is 15.5 Å². The average Bonchev–Trinajstić information content (AvgIpc) is 2.32. The second kappa shape index (κ2) is 7.14. The zero-order valence-corrected chi connectivity index (χ0v) is 12.6. The Kier molecular flexibility index (Phi) is 5.83. The van der Waals surface area contributed by atoms with Gasteiger partial charge in [0.25, 0.3) is 0 Å². The Morgan fingerprint density at radius 1 is 1.16 bits per heavy atom. The number of urea groups is 1. The van der Waals surface area contributed by atoms with E-state index < -0.39 is 0 Å². The Morgan fingerprint density at radius 2 is 1.74 bits per heavy atom. The van der Waals surface area contributed by atoms with E-state index in [-0.39, 0.29) is 12.1 Å². The van der Waals surface area contributed by atoms with Crippen LogP contribution in [0.3, 0.4) is 0 Å². The van der Waals surface area contributed by atoms with Crippen molar-refractivity contribution in [2.45, 2.75) is 26.8 Å². The van der Waals surface area contributed by atoms with Gasteiger partial charge >= 0.3 is 6.03 Å². The molecule has 0 spiro atoms. The molecular formula is C15H25N3O. The molecule has 0 aliphatic rings. The number of carbonyl (C=O) groups excluding carboxylic acids is 1. The Labute approximate surface area is 116 Å². The molecule has 19 heavy (non-hydrogen) atoms. The number of hydrogen-bond donors (Lipinski definition) is 2. The highest BCUT2D eigenvalue weighted by molar-refractivity contribution is 5.73. The van der Waals surface area contributed by atoms with Crippen LogP contribution >= 0.6 is 0 Å². The van der Waals surface area contributed by atoms with Crippen LogP contribution in [0.1, 0.15) is 29.7 Å². The lowest BCUT2D eigenvalue weighted by molar-refractivity contribution is 0.217. The molecule has 0 aliphatic carbocycles. The summed E-state index contributed by atoms with van der Waals surface area (Å²) in [6, 6.07) is 6.80. The first-order valence-corrected chi connectivity index (χ1v) is 6.67. The van der Waals surface area contributed by atoms with Crippen LogP contribution in [0.2, 0.25) is 0 Å². The summed E-state index contributed by atoms with van der Waals surface area (Å²) >= 11 is 0. The lowest BCUT2D eigenvalue weighted by Gasteiger charge is -2.17. The smallest absolute Gasteiger partial charge is 0.316 e. The number of nitrogens with zero attached hydrogens (tertiary/aromatic N) is 1. The first-order chi connectivity index (χ1) is 8.90. The van der Waals surface area contributed by atoms with Crippen LogP contribution in [0.5, 0.6) is 0 Å². The number of carbonyl (C=O) groups is 1. The topological polar surface area (TPSA) is 44.4 Å². The van der Waals surface area contributed by atoms with Gasteiger partial charge in [0.2, 0.25) is 0 Å². The van der Waals surface area contributed by atoms with Crippen molar-refractivity contribution >= 4 is 6.03 Å². The maximum absolute atomic E-state index is 11.3. The number of benzene rings is 1. The van der Waals surface area contributed by atoms with Crippen LogP contribution in [0.15, 0.2) is 18.2 Å². The molecule has 1 unspecified atom stereocenters. The van der Waals surface area contributed by atoms with Gasteiger partial charge in [0.15, 0.2) is 0 Å². The molecule has 106 valence electrons. The molecule has 0 aliphatic heterocycles. The van der Waals surface area contributed by atoms with Gasteiger partial charge in [0, 0.05) is 33.2 Å². The van der Waals surface area contributed by atoms with Gasteiger partial charge in [0.05, 0.1) is 0 Å². The fourth-order valence-electron chi connectivity index (χ4n) is 1.99. The molecular weight excluding hydrogens is 238 g/mol. The van der Waals surface area contributed by atoms with Crippen molar-refractivity contribution in [3.05, 3.63) is 34.9 Å². The van der Waals surface area contributed by atoms with Crippen molar-refractivity contribution in [2.24, 2.45) is 0 Å². The SMILES string of the molecule is Cc1cc(C)cc(C(C)NCCNC(=O)N(C)C)c1. The molecule has 2 amide bonds. The molecule has 0 heterocycles. The van der Waals surface area contributed by atoms with Crippen LogP contribution in [0.25, 0.3) is 0 Å².